The molecule has 3 aromatic carbocycles. The Morgan fingerprint density at radius 3 is 2.42 bits per heavy atom. The summed E-state index contributed by atoms with van der Waals surface area (Å²) in [6, 6.07) is 21.5. The zero-order valence-corrected chi connectivity index (χ0v) is 20.0. The fourth-order valence-corrected chi connectivity index (χ4v) is 5.36. The molecule has 2 atom stereocenters. The van der Waals surface area contributed by atoms with Crippen molar-refractivity contribution in [3.8, 4) is 11.1 Å². The molecule has 1 aliphatic carbocycles. The summed E-state index contributed by atoms with van der Waals surface area (Å²) in [7, 11) is 0. The van der Waals surface area contributed by atoms with E-state index >= 15 is 0 Å². The predicted molar refractivity (Wildman–Crippen MR) is 138 cm³/mol. The van der Waals surface area contributed by atoms with Crippen molar-refractivity contribution < 1.29 is 4.79 Å². The number of hydrogen-bond donors (Lipinski definition) is 2. The monoisotopic (exact) mass is 436 g/mol. The molecule has 1 saturated carbocycles. The lowest BCUT2D eigenvalue weighted by molar-refractivity contribution is -0.120. The number of carbonyl (C=O) groups is 1. The smallest absolute Gasteiger partial charge is 0.228 e. The fourth-order valence-electron chi connectivity index (χ4n) is 5.36. The van der Waals surface area contributed by atoms with Crippen LogP contribution in [-0.2, 0) is 4.79 Å². The van der Waals surface area contributed by atoms with Crippen molar-refractivity contribution in [3.05, 3.63) is 88.6 Å². The van der Waals surface area contributed by atoms with Crippen molar-refractivity contribution in [2.75, 3.05) is 5.32 Å². The van der Waals surface area contributed by atoms with Gasteiger partial charge in [-0.2, -0.15) is 0 Å². The second kappa shape index (κ2) is 8.55. The first kappa shape index (κ1) is 21.5. The van der Waals surface area contributed by atoms with E-state index in [2.05, 4.69) is 92.6 Å². The molecule has 1 amide bonds. The van der Waals surface area contributed by atoms with Gasteiger partial charge in [0.05, 0.1) is 0 Å². The van der Waals surface area contributed by atoms with Gasteiger partial charge in [-0.05, 0) is 110 Å². The lowest BCUT2D eigenvalue weighted by atomic mass is 9.91. The first-order valence-electron chi connectivity index (χ1n) is 12.0. The van der Waals surface area contributed by atoms with Crippen LogP contribution in [0.15, 0.2) is 60.7 Å². The molecular weight excluding hydrogens is 404 g/mol. The summed E-state index contributed by atoms with van der Waals surface area (Å²) < 4.78 is 0. The number of aromatic amines is 1. The van der Waals surface area contributed by atoms with Crippen LogP contribution in [0, 0.1) is 33.6 Å². The Kier molecular flexibility index (Phi) is 5.57. The molecule has 1 aliphatic rings. The third-order valence-corrected chi connectivity index (χ3v) is 7.45. The summed E-state index contributed by atoms with van der Waals surface area (Å²) in [4.78, 5) is 17.0. The minimum absolute atomic E-state index is 0.00398. The molecule has 2 N–H and O–H groups in total. The Morgan fingerprint density at radius 2 is 1.64 bits per heavy atom. The zero-order chi connectivity index (χ0) is 23.1. The van der Waals surface area contributed by atoms with Crippen molar-refractivity contribution in [1.29, 1.82) is 0 Å². The quantitative estimate of drug-likeness (QED) is 0.340. The lowest BCUT2D eigenvalue weighted by Crippen LogP contribution is -2.25. The standard InChI is InChI=1S/C30H32N2O/c1-18-8-5-6-9-24(18)22-12-13-27(21(4)15-22)32-30(33)26-11-7-10-25(26)29-17-23-14-19(2)20(3)16-28(23)31-29/h5-6,8-9,12-17,25-26,31H,7,10-11H2,1-4H3,(H,32,33). The van der Waals surface area contributed by atoms with Gasteiger partial charge in [-0.15, -0.1) is 0 Å². The summed E-state index contributed by atoms with van der Waals surface area (Å²) in [5.74, 6) is 0.371. The van der Waals surface area contributed by atoms with Crippen molar-refractivity contribution in [2.45, 2.75) is 52.9 Å². The Bertz CT molecular complexity index is 1310. The van der Waals surface area contributed by atoms with E-state index < -0.39 is 0 Å². The van der Waals surface area contributed by atoms with Crippen LogP contribution in [0.5, 0.6) is 0 Å². The number of aryl methyl sites for hydroxylation is 4. The first-order valence-corrected chi connectivity index (χ1v) is 12.0. The summed E-state index contributed by atoms with van der Waals surface area (Å²) in [6.45, 7) is 8.51. The van der Waals surface area contributed by atoms with Crippen LogP contribution in [0.4, 0.5) is 5.69 Å². The number of anilines is 1. The van der Waals surface area contributed by atoms with Crippen LogP contribution in [0.25, 0.3) is 22.0 Å². The van der Waals surface area contributed by atoms with Crippen LogP contribution in [0.2, 0.25) is 0 Å². The van der Waals surface area contributed by atoms with Gasteiger partial charge in [-0.3, -0.25) is 4.79 Å². The molecule has 168 valence electrons. The predicted octanol–water partition coefficient (Wildman–Crippen LogP) is 7.59. The highest BCUT2D eigenvalue weighted by molar-refractivity contribution is 5.94. The summed E-state index contributed by atoms with van der Waals surface area (Å²) in [5, 5.41) is 4.48. The number of hydrogen-bond acceptors (Lipinski definition) is 1. The minimum atomic E-state index is -0.00398. The molecule has 1 fully saturated rings. The Labute approximate surface area is 196 Å². The molecule has 0 spiro atoms. The number of aromatic nitrogens is 1. The third-order valence-electron chi connectivity index (χ3n) is 7.45. The van der Waals surface area contributed by atoms with Gasteiger partial charge in [0, 0.05) is 28.7 Å². The van der Waals surface area contributed by atoms with Gasteiger partial charge in [-0.1, -0.05) is 36.8 Å². The van der Waals surface area contributed by atoms with E-state index in [0.29, 0.717) is 0 Å². The molecule has 0 saturated heterocycles. The molecule has 5 rings (SSSR count). The summed E-state index contributed by atoms with van der Waals surface area (Å²) in [6.07, 6.45) is 3.07. The molecule has 0 aliphatic heterocycles. The largest absolute Gasteiger partial charge is 0.358 e. The molecule has 1 heterocycles. The summed E-state index contributed by atoms with van der Waals surface area (Å²) >= 11 is 0. The topological polar surface area (TPSA) is 44.9 Å². The van der Waals surface area contributed by atoms with Crippen molar-refractivity contribution in [1.82, 2.24) is 4.98 Å². The average Bonchev–Trinajstić information content (AvgIpc) is 3.43. The minimum Gasteiger partial charge on any atom is -0.358 e. The van der Waals surface area contributed by atoms with Crippen molar-refractivity contribution in [3.63, 3.8) is 0 Å². The number of fused-ring (bicyclic) bond motifs is 1. The molecule has 0 bridgehead atoms. The van der Waals surface area contributed by atoms with Gasteiger partial charge in [0.15, 0.2) is 0 Å². The van der Waals surface area contributed by atoms with Gasteiger partial charge in [0.1, 0.15) is 0 Å². The highest BCUT2D eigenvalue weighted by Gasteiger charge is 2.35. The number of H-pyrrole nitrogens is 1. The van der Waals surface area contributed by atoms with E-state index in [1.807, 2.05) is 6.07 Å². The van der Waals surface area contributed by atoms with Gasteiger partial charge < -0.3 is 10.3 Å². The molecule has 1 aromatic heterocycles. The molecule has 2 unspecified atom stereocenters. The van der Waals surface area contributed by atoms with E-state index in [9.17, 15) is 4.79 Å². The normalized spacial score (nSPS) is 18.1. The molecule has 3 heteroatoms. The average molecular weight is 437 g/mol. The van der Waals surface area contributed by atoms with Gasteiger partial charge >= 0.3 is 0 Å². The molecular formula is C30H32N2O. The Balaban J connectivity index is 1.37. The highest BCUT2D eigenvalue weighted by atomic mass is 16.1. The van der Waals surface area contributed by atoms with Crippen molar-refractivity contribution >= 4 is 22.5 Å². The molecule has 33 heavy (non-hydrogen) atoms. The van der Waals surface area contributed by atoms with Crippen molar-refractivity contribution in [2.24, 2.45) is 5.92 Å². The Morgan fingerprint density at radius 1 is 0.848 bits per heavy atom. The SMILES string of the molecule is Cc1cc2cc(C3CCCC3C(=O)Nc3ccc(-c4ccccc4C)cc3C)[nH]c2cc1C. The van der Waals surface area contributed by atoms with E-state index in [4.69, 9.17) is 0 Å². The Hall–Kier alpha value is -3.33. The van der Waals surface area contributed by atoms with E-state index in [1.165, 1.54) is 44.4 Å². The molecule has 0 radical (unpaired) electrons. The zero-order valence-electron chi connectivity index (χ0n) is 20.0. The number of nitrogens with one attached hydrogen (secondary N) is 2. The van der Waals surface area contributed by atoms with Crippen LogP contribution in [-0.4, -0.2) is 10.9 Å². The molecule has 4 aromatic rings. The van der Waals surface area contributed by atoms with Crippen LogP contribution in [0.1, 0.15) is 53.1 Å². The van der Waals surface area contributed by atoms with Gasteiger partial charge in [-0.25, -0.2) is 0 Å². The van der Waals surface area contributed by atoms with E-state index in [1.54, 1.807) is 0 Å². The third kappa shape index (κ3) is 4.08. The second-order valence-corrected chi connectivity index (χ2v) is 9.73. The highest BCUT2D eigenvalue weighted by Crippen LogP contribution is 2.41. The number of rotatable bonds is 4. The van der Waals surface area contributed by atoms with Crippen LogP contribution < -0.4 is 5.32 Å². The second-order valence-electron chi connectivity index (χ2n) is 9.73. The van der Waals surface area contributed by atoms with Gasteiger partial charge in [0.2, 0.25) is 5.91 Å². The first-order chi connectivity index (χ1) is 15.9. The maximum atomic E-state index is 13.4. The molecule has 3 nitrogen and oxygen atoms in total. The van der Waals surface area contributed by atoms with Gasteiger partial charge in [0.25, 0.3) is 0 Å². The fraction of sp³-hybridized carbons (Fsp3) is 0.300. The lowest BCUT2D eigenvalue weighted by Gasteiger charge is -2.19. The maximum Gasteiger partial charge on any atom is 0.228 e. The van der Waals surface area contributed by atoms with Crippen LogP contribution >= 0.6 is 0 Å². The van der Waals surface area contributed by atoms with E-state index in [-0.39, 0.29) is 17.7 Å². The maximum absolute atomic E-state index is 13.4. The number of amides is 1. The summed E-state index contributed by atoms with van der Waals surface area (Å²) in [5.41, 5.74) is 10.6. The number of benzene rings is 3. The van der Waals surface area contributed by atoms with E-state index in [0.717, 1.165) is 30.5 Å². The number of carbonyl (C=O) groups excluding carboxylic acids is 1. The van der Waals surface area contributed by atoms with Crippen LogP contribution in [0.3, 0.4) is 0 Å².